The number of nitro benzene ring substituents is 1. The lowest BCUT2D eigenvalue weighted by Gasteiger charge is -2.34. The Morgan fingerprint density at radius 1 is 1.19 bits per heavy atom. The molecule has 0 unspecified atom stereocenters. The third kappa shape index (κ3) is 4.52. The van der Waals surface area contributed by atoms with Gasteiger partial charge in [0.25, 0.3) is 5.69 Å². The molecule has 2 aromatic carbocycles. The highest BCUT2D eigenvalue weighted by molar-refractivity contribution is 6.33. The lowest BCUT2D eigenvalue weighted by Crippen LogP contribution is -2.45. The van der Waals surface area contributed by atoms with Gasteiger partial charge in [-0.15, -0.1) is 0 Å². The normalized spacial score (nSPS) is 14.9. The maximum atomic E-state index is 12.2. The summed E-state index contributed by atoms with van der Waals surface area (Å²) in [5.41, 5.74) is 1.79. The first-order valence-electron chi connectivity index (χ1n) is 8.55. The van der Waals surface area contributed by atoms with Crippen LogP contribution in [0.5, 0.6) is 0 Å². The summed E-state index contributed by atoms with van der Waals surface area (Å²) in [6.45, 7) is 1.49. The number of piperidine rings is 1. The van der Waals surface area contributed by atoms with Crippen LogP contribution in [0.3, 0.4) is 0 Å². The standard InChI is InChI=1S/C19H20ClN3O3/c20-17-13-16(23(25)26)6-7-18(17)22-10-8-15(9-11-22)21-19(24)12-14-4-2-1-3-5-14/h1-7,13,15H,8-12H2,(H,21,24). The maximum absolute atomic E-state index is 12.2. The van der Waals surface area contributed by atoms with Crippen molar-refractivity contribution in [2.24, 2.45) is 0 Å². The van der Waals surface area contributed by atoms with Crippen molar-refractivity contribution >= 4 is 28.9 Å². The van der Waals surface area contributed by atoms with E-state index in [0.717, 1.165) is 37.2 Å². The molecular formula is C19H20ClN3O3. The minimum absolute atomic E-state index is 0.0122. The lowest BCUT2D eigenvalue weighted by molar-refractivity contribution is -0.384. The number of hydrogen-bond acceptors (Lipinski definition) is 4. The molecule has 0 aliphatic carbocycles. The first-order valence-corrected chi connectivity index (χ1v) is 8.93. The molecule has 0 spiro atoms. The van der Waals surface area contributed by atoms with Gasteiger partial charge < -0.3 is 10.2 Å². The summed E-state index contributed by atoms with van der Waals surface area (Å²) >= 11 is 6.20. The number of nitrogens with one attached hydrogen (secondary N) is 1. The molecule has 2 aromatic rings. The van der Waals surface area contributed by atoms with Gasteiger partial charge in [0, 0.05) is 31.3 Å². The van der Waals surface area contributed by atoms with E-state index in [2.05, 4.69) is 10.2 Å². The van der Waals surface area contributed by atoms with E-state index in [4.69, 9.17) is 11.6 Å². The molecule has 7 heteroatoms. The summed E-state index contributed by atoms with van der Waals surface area (Å²) in [5.74, 6) is 0.0306. The number of halogens is 1. The number of hydrogen-bond donors (Lipinski definition) is 1. The van der Waals surface area contributed by atoms with E-state index < -0.39 is 4.92 Å². The Bertz CT molecular complexity index is 790. The van der Waals surface area contributed by atoms with Gasteiger partial charge in [0.2, 0.25) is 5.91 Å². The number of anilines is 1. The van der Waals surface area contributed by atoms with E-state index in [-0.39, 0.29) is 17.6 Å². The molecule has 1 heterocycles. The fourth-order valence-corrected chi connectivity index (χ4v) is 3.48. The van der Waals surface area contributed by atoms with Crippen LogP contribution >= 0.6 is 11.6 Å². The van der Waals surface area contributed by atoms with Crippen molar-refractivity contribution in [2.75, 3.05) is 18.0 Å². The number of nitro groups is 1. The van der Waals surface area contributed by atoms with E-state index in [1.54, 1.807) is 6.07 Å². The molecule has 0 atom stereocenters. The predicted octanol–water partition coefficient (Wildman–Crippen LogP) is 3.58. The molecule has 136 valence electrons. The molecular weight excluding hydrogens is 354 g/mol. The average Bonchev–Trinajstić information content (AvgIpc) is 2.63. The van der Waals surface area contributed by atoms with Crippen molar-refractivity contribution in [3.63, 3.8) is 0 Å². The zero-order chi connectivity index (χ0) is 18.5. The Morgan fingerprint density at radius 3 is 2.50 bits per heavy atom. The van der Waals surface area contributed by atoms with Gasteiger partial charge in [-0.2, -0.15) is 0 Å². The van der Waals surface area contributed by atoms with Gasteiger partial charge in [-0.05, 0) is 24.5 Å². The van der Waals surface area contributed by atoms with Crippen molar-refractivity contribution < 1.29 is 9.72 Å². The molecule has 1 fully saturated rings. The quantitative estimate of drug-likeness (QED) is 0.642. The number of non-ortho nitro benzene ring substituents is 1. The van der Waals surface area contributed by atoms with Crippen LogP contribution in [0.1, 0.15) is 18.4 Å². The van der Waals surface area contributed by atoms with Gasteiger partial charge in [0.05, 0.1) is 22.1 Å². The second kappa shape index (κ2) is 8.19. The molecule has 0 saturated carbocycles. The monoisotopic (exact) mass is 373 g/mol. The number of carbonyl (C=O) groups excluding carboxylic acids is 1. The second-order valence-corrected chi connectivity index (χ2v) is 6.79. The van der Waals surface area contributed by atoms with Crippen molar-refractivity contribution in [2.45, 2.75) is 25.3 Å². The highest BCUT2D eigenvalue weighted by Crippen LogP contribution is 2.31. The SMILES string of the molecule is O=C(Cc1ccccc1)NC1CCN(c2ccc([N+](=O)[O-])cc2Cl)CC1. The molecule has 1 aliphatic heterocycles. The second-order valence-electron chi connectivity index (χ2n) is 6.38. The number of nitrogens with zero attached hydrogens (tertiary/aromatic N) is 2. The zero-order valence-corrected chi connectivity index (χ0v) is 15.0. The molecule has 0 bridgehead atoms. The number of benzene rings is 2. The Morgan fingerprint density at radius 2 is 1.88 bits per heavy atom. The zero-order valence-electron chi connectivity index (χ0n) is 14.2. The third-order valence-corrected chi connectivity index (χ3v) is 4.85. The molecule has 1 aliphatic rings. The third-order valence-electron chi connectivity index (χ3n) is 4.55. The lowest BCUT2D eigenvalue weighted by atomic mass is 10.0. The summed E-state index contributed by atoms with van der Waals surface area (Å²) in [4.78, 5) is 24.6. The minimum atomic E-state index is -0.454. The van der Waals surface area contributed by atoms with Crippen LogP contribution in [-0.4, -0.2) is 30.0 Å². The maximum Gasteiger partial charge on any atom is 0.271 e. The number of amides is 1. The van der Waals surface area contributed by atoms with E-state index in [1.165, 1.54) is 12.1 Å². The van der Waals surface area contributed by atoms with Crippen LogP contribution in [0.4, 0.5) is 11.4 Å². The molecule has 1 saturated heterocycles. The van der Waals surface area contributed by atoms with Gasteiger partial charge >= 0.3 is 0 Å². The summed E-state index contributed by atoms with van der Waals surface area (Å²) < 4.78 is 0. The highest BCUT2D eigenvalue weighted by Gasteiger charge is 2.23. The van der Waals surface area contributed by atoms with Crippen LogP contribution in [0.25, 0.3) is 0 Å². The largest absolute Gasteiger partial charge is 0.370 e. The van der Waals surface area contributed by atoms with Gasteiger partial charge in [0.1, 0.15) is 0 Å². The first kappa shape index (κ1) is 18.2. The molecule has 1 amide bonds. The smallest absolute Gasteiger partial charge is 0.271 e. The molecule has 3 rings (SSSR count). The molecule has 0 aromatic heterocycles. The Kier molecular flexibility index (Phi) is 5.73. The van der Waals surface area contributed by atoms with Crippen molar-refractivity contribution in [3.8, 4) is 0 Å². The minimum Gasteiger partial charge on any atom is -0.370 e. The van der Waals surface area contributed by atoms with Crippen LogP contribution in [0.15, 0.2) is 48.5 Å². The van der Waals surface area contributed by atoms with E-state index in [0.29, 0.717) is 11.4 Å². The van der Waals surface area contributed by atoms with Gasteiger partial charge in [-0.1, -0.05) is 41.9 Å². The van der Waals surface area contributed by atoms with Crippen LogP contribution in [0.2, 0.25) is 5.02 Å². The topological polar surface area (TPSA) is 75.5 Å². The summed E-state index contributed by atoms with van der Waals surface area (Å²) in [6.07, 6.45) is 2.01. The number of carbonyl (C=O) groups is 1. The average molecular weight is 374 g/mol. The highest BCUT2D eigenvalue weighted by atomic mass is 35.5. The summed E-state index contributed by atoms with van der Waals surface area (Å²) in [5, 5.41) is 14.3. The van der Waals surface area contributed by atoms with Crippen LogP contribution in [0, 0.1) is 10.1 Å². The molecule has 1 N–H and O–H groups in total. The predicted molar refractivity (Wildman–Crippen MR) is 102 cm³/mol. The Labute approximate surface area is 156 Å². The van der Waals surface area contributed by atoms with Crippen LogP contribution < -0.4 is 10.2 Å². The summed E-state index contributed by atoms with van der Waals surface area (Å²) in [6, 6.07) is 14.3. The van der Waals surface area contributed by atoms with Gasteiger partial charge in [-0.25, -0.2) is 0 Å². The molecule has 6 nitrogen and oxygen atoms in total. The van der Waals surface area contributed by atoms with Gasteiger partial charge in [0.15, 0.2) is 0 Å². The molecule has 26 heavy (non-hydrogen) atoms. The molecule has 0 radical (unpaired) electrons. The van der Waals surface area contributed by atoms with Crippen LogP contribution in [-0.2, 0) is 11.2 Å². The fourth-order valence-electron chi connectivity index (χ4n) is 3.19. The van der Waals surface area contributed by atoms with E-state index >= 15 is 0 Å². The van der Waals surface area contributed by atoms with Crippen molar-refractivity contribution in [3.05, 3.63) is 69.2 Å². The van der Waals surface area contributed by atoms with E-state index in [9.17, 15) is 14.9 Å². The van der Waals surface area contributed by atoms with Crippen molar-refractivity contribution in [1.82, 2.24) is 5.32 Å². The number of rotatable bonds is 5. The van der Waals surface area contributed by atoms with Gasteiger partial charge in [-0.3, -0.25) is 14.9 Å². The van der Waals surface area contributed by atoms with Crippen molar-refractivity contribution in [1.29, 1.82) is 0 Å². The summed E-state index contributed by atoms with van der Waals surface area (Å²) in [7, 11) is 0. The van der Waals surface area contributed by atoms with E-state index in [1.807, 2.05) is 30.3 Å². The Hall–Kier alpha value is -2.60. The first-order chi connectivity index (χ1) is 12.5. The fraction of sp³-hybridized carbons (Fsp3) is 0.316. The Balaban J connectivity index is 1.53.